The van der Waals surface area contributed by atoms with Crippen molar-refractivity contribution in [3.05, 3.63) is 279 Å². The number of ketones is 8. The summed E-state index contributed by atoms with van der Waals surface area (Å²) in [6.45, 7) is 40.5. The topological polar surface area (TPSA) is 137 Å². The number of benzene rings is 8. The first-order valence-electron chi connectivity index (χ1n) is 52.4. The molecule has 704 valence electrons. The maximum absolute atomic E-state index is 12.5. The molecule has 0 aliphatic heterocycles. The van der Waals surface area contributed by atoms with Crippen LogP contribution in [0.5, 0.6) is 0 Å². The Bertz CT molecular complexity index is 5310. The van der Waals surface area contributed by atoms with E-state index < -0.39 is 115 Å². The standard InChI is InChI=1S/8C14H19ClO/c8*1-10(9-14(2,3)4)13(16)11-6-5-7-12(15)8-11/h8*5-8,10H,9H2,1-4H3/t4*10-;;;;/m1100..../s1/i2*10D;1D3,10D;10D;2D3,3D3,10D;2D3,10D;2*10D. The average molecular weight is 1930 g/mol. The predicted molar refractivity (Wildman–Crippen MR) is 552 cm³/mol. The summed E-state index contributed by atoms with van der Waals surface area (Å²) in [6, 6.07) is 52.4. The van der Waals surface area contributed by atoms with Gasteiger partial charge >= 0.3 is 0 Å². The van der Waals surface area contributed by atoms with Crippen LogP contribution in [0.4, 0.5) is 0 Å². The van der Waals surface area contributed by atoms with Gasteiger partial charge in [0.15, 0.2) is 46.3 Å². The van der Waals surface area contributed by atoms with Crippen molar-refractivity contribution >= 4 is 139 Å². The smallest absolute Gasteiger partial charge is 0.165 e. The highest BCUT2D eigenvalue weighted by Crippen LogP contribution is 2.35. The molecular formula is C112H152Cl8O8. The predicted octanol–water partition coefficient (Wildman–Crippen LogP) is 36.8. The van der Waals surface area contributed by atoms with Crippen molar-refractivity contribution in [2.45, 2.75) is 273 Å². The maximum Gasteiger partial charge on any atom is 0.165 e. The van der Waals surface area contributed by atoms with E-state index in [1.165, 1.54) is 44.2 Å². The van der Waals surface area contributed by atoms with Gasteiger partial charge in [-0.25, -0.2) is 0 Å². The van der Waals surface area contributed by atoms with Gasteiger partial charge in [0, 0.05) is 159 Å². The monoisotopic (exact) mass is 1930 g/mol. The SMILES string of the molecule is [2H]C(C)(CC(C)(C([2H])([2H])[2H])C([2H])([2H])[2H])C(=O)c1cccc(Cl)c1.[2H]C(C)(CC(C)(C)C([2H])([2H])[2H])C(=O)c1cccc(Cl)c1.[2H]C(C)(CC(C)(C)C)C(=O)c1cccc(Cl)c1.[2H]C(C)(CC(C)(C)C)C(=O)c1cccc(Cl)c1.[2H]C([2H])([2H])[C@@]([2H])(CC(C)(C)C)C(=O)c1cccc(Cl)c1.[2H][C@@](C)(CC(C)(C)C)C(=O)c1cccc(Cl)c1.[2H][C@@](C)(CC(C)(C)C)C(=O)c1cccc(Cl)c1.[2H][C@](C)(CC(C)(C)C)C(=O)c1cccc(Cl)c1. The van der Waals surface area contributed by atoms with E-state index in [9.17, 15) is 38.4 Å². The molecule has 0 radical (unpaired) electrons. The first-order valence-corrected chi connectivity index (χ1v) is 45.4. The molecule has 0 saturated heterocycles. The zero-order chi connectivity index (χ0) is 116. The molecular weight excluding hydrogens is 1760 g/mol. The molecule has 0 bridgehead atoms. The first kappa shape index (κ1) is 88.1. The van der Waals surface area contributed by atoms with Gasteiger partial charge < -0.3 is 0 Å². The van der Waals surface area contributed by atoms with Crippen LogP contribution in [0, 0.1) is 90.5 Å². The van der Waals surface area contributed by atoms with Crippen molar-refractivity contribution in [3.8, 4) is 0 Å². The lowest BCUT2D eigenvalue weighted by Crippen LogP contribution is -2.18. The van der Waals surface area contributed by atoms with Crippen molar-refractivity contribution < 1.29 is 65.8 Å². The van der Waals surface area contributed by atoms with Crippen LogP contribution in [-0.4, -0.2) is 46.3 Å². The highest BCUT2D eigenvalue weighted by molar-refractivity contribution is 6.33. The Morgan fingerprint density at radius 1 is 0.211 bits per heavy atom. The number of hydrogen-bond acceptors (Lipinski definition) is 8. The van der Waals surface area contributed by atoms with Gasteiger partial charge in [-0.1, -0.05) is 411 Å². The van der Waals surface area contributed by atoms with E-state index in [1.807, 2.05) is 125 Å². The molecule has 0 aromatic heterocycles. The Kier molecular flexibility index (Phi) is 37.5. The van der Waals surface area contributed by atoms with E-state index in [0.29, 0.717) is 106 Å². The summed E-state index contributed by atoms with van der Waals surface area (Å²) in [5.41, 5.74) is -0.795. The molecule has 8 atom stereocenters. The van der Waals surface area contributed by atoms with Gasteiger partial charge in [0.1, 0.15) is 0 Å². The minimum atomic E-state index is -2.84. The van der Waals surface area contributed by atoms with Gasteiger partial charge in [-0.3, -0.25) is 38.4 Å². The van der Waals surface area contributed by atoms with E-state index >= 15 is 0 Å². The van der Waals surface area contributed by atoms with Crippen molar-refractivity contribution in [2.75, 3.05) is 0 Å². The summed E-state index contributed by atoms with van der Waals surface area (Å²) >= 11 is 46.8. The Balaban J connectivity index is 0.000000848. The van der Waals surface area contributed by atoms with Crippen LogP contribution in [0.1, 0.15) is 383 Å². The van der Waals surface area contributed by atoms with E-state index in [0.717, 1.165) is 6.92 Å². The second-order valence-electron chi connectivity index (χ2n) is 40.7. The lowest BCUT2D eigenvalue weighted by molar-refractivity contribution is 0.0891. The third kappa shape index (κ3) is 53.2. The molecule has 8 aromatic rings. The molecule has 0 N–H and O–H groups in total. The zero-order valence-electron chi connectivity index (χ0n) is 100. The molecule has 0 spiro atoms. The minimum absolute atomic E-state index is 0.0509. The third-order valence-corrected chi connectivity index (χ3v) is 19.6. The summed E-state index contributed by atoms with van der Waals surface area (Å²) in [6.07, 6.45) is 1.86. The van der Waals surface area contributed by atoms with E-state index in [2.05, 4.69) is 0 Å². The molecule has 0 aliphatic carbocycles. The second kappa shape index (κ2) is 54.6. The van der Waals surface area contributed by atoms with Gasteiger partial charge in [0.25, 0.3) is 0 Å². The molecule has 0 saturated carbocycles. The Hall–Kier alpha value is -6.56. The summed E-state index contributed by atoms with van der Waals surface area (Å²) in [5.74, 6) is -13.8. The largest absolute Gasteiger partial charge is 0.294 e. The Morgan fingerprint density at radius 2 is 0.328 bits per heavy atom. The molecule has 0 amide bonds. The normalized spacial score (nSPS) is 18.2. The second-order valence-corrected chi connectivity index (χ2v) is 44.1. The zero-order valence-corrected chi connectivity index (χ0v) is 86.5. The lowest BCUT2D eigenvalue weighted by atomic mass is 9.82. The third-order valence-electron chi connectivity index (χ3n) is 17.7. The molecule has 0 aliphatic rings. The van der Waals surface area contributed by atoms with E-state index in [4.69, 9.17) is 120 Å². The van der Waals surface area contributed by atoms with Crippen molar-refractivity contribution in [1.29, 1.82) is 0 Å². The fourth-order valence-corrected chi connectivity index (χ4v) is 14.8. The molecule has 16 heteroatoms. The quantitative estimate of drug-likeness (QED) is 0.0546. The van der Waals surface area contributed by atoms with E-state index in [1.54, 1.807) is 212 Å². The molecule has 8 nitrogen and oxygen atoms in total. The molecule has 8 aromatic carbocycles. The highest BCUT2D eigenvalue weighted by atomic mass is 35.5. The van der Waals surface area contributed by atoms with Crippen molar-refractivity contribution in [2.24, 2.45) is 90.5 Å². The van der Waals surface area contributed by atoms with Gasteiger partial charge in [0.05, 0.1) is 0 Å². The highest BCUT2D eigenvalue weighted by Gasteiger charge is 2.30. The average Bonchev–Trinajstić information content (AvgIpc) is 0.735. The summed E-state index contributed by atoms with van der Waals surface area (Å²) in [7, 11) is 0. The van der Waals surface area contributed by atoms with Crippen LogP contribution in [0.25, 0.3) is 0 Å². The number of hydrogen-bond donors (Lipinski definition) is 0. The Labute approximate surface area is 841 Å². The fourth-order valence-electron chi connectivity index (χ4n) is 13.3. The number of Topliss-reactive ketones (excluding diaryl/α,β-unsaturated/α-hetero) is 8. The molecule has 128 heavy (non-hydrogen) atoms. The van der Waals surface area contributed by atoms with Crippen molar-refractivity contribution in [3.63, 3.8) is 0 Å². The molecule has 8 rings (SSSR count). The molecule has 0 fully saturated rings. The lowest BCUT2D eigenvalue weighted by Gasteiger charge is -2.22. The van der Waals surface area contributed by atoms with Crippen LogP contribution in [0.2, 0.25) is 40.2 Å². The van der Waals surface area contributed by atoms with Crippen LogP contribution in [0.3, 0.4) is 0 Å². The molecule has 4 unspecified atom stereocenters. The Morgan fingerprint density at radius 3 is 0.445 bits per heavy atom. The summed E-state index contributed by atoms with van der Waals surface area (Å²) in [5, 5.41) is 3.72. The van der Waals surface area contributed by atoms with Crippen LogP contribution in [0.15, 0.2) is 194 Å². The van der Waals surface area contributed by atoms with Gasteiger partial charge in [-0.2, -0.15) is 0 Å². The summed E-state index contributed by atoms with van der Waals surface area (Å²) in [4.78, 5) is 98.7. The fraction of sp³-hybridized carbons (Fsp3) is 0.500. The minimum Gasteiger partial charge on any atom is -0.294 e. The molecule has 0 heterocycles. The maximum atomic E-state index is 12.5. The van der Waals surface area contributed by atoms with Crippen LogP contribution < -0.4 is 0 Å². The van der Waals surface area contributed by atoms with Gasteiger partial charge in [-0.15, -0.1) is 0 Å². The first-order chi connectivity index (χ1) is 65.9. The number of carbonyl (C=O) groups excluding carboxylic acids is 8. The number of rotatable bonds is 24. The number of carbonyl (C=O) groups is 8. The van der Waals surface area contributed by atoms with Crippen molar-refractivity contribution in [1.82, 2.24) is 0 Å². The van der Waals surface area contributed by atoms with Crippen LogP contribution >= 0.6 is 92.8 Å². The van der Waals surface area contributed by atoms with E-state index in [-0.39, 0.29) is 80.0 Å². The van der Waals surface area contributed by atoms with Gasteiger partial charge in [-0.05, 0) is 192 Å². The summed E-state index contributed by atoms with van der Waals surface area (Å²) < 4.78 is 156. The van der Waals surface area contributed by atoms with Gasteiger partial charge in [0.2, 0.25) is 0 Å². The van der Waals surface area contributed by atoms with Crippen LogP contribution in [-0.2, 0) is 0 Å². The number of halogens is 8.